The number of hydrogen-bond acceptors (Lipinski definition) is 3. The van der Waals surface area contributed by atoms with Gasteiger partial charge in [-0.3, -0.25) is 0 Å². The molecule has 2 aromatic heterocycles. The number of carbonyl (C=O) groups is 1. The van der Waals surface area contributed by atoms with E-state index in [1.807, 2.05) is 24.5 Å². The fraction of sp³-hybridized carbons (Fsp3) is 0.231. The van der Waals surface area contributed by atoms with E-state index in [4.69, 9.17) is 10.4 Å². The van der Waals surface area contributed by atoms with Crippen molar-refractivity contribution in [2.75, 3.05) is 0 Å². The molecule has 5 heteroatoms. The van der Waals surface area contributed by atoms with Gasteiger partial charge in [0.1, 0.15) is 11.1 Å². The van der Waals surface area contributed by atoms with Crippen molar-refractivity contribution in [2.24, 2.45) is 0 Å². The van der Waals surface area contributed by atoms with E-state index < -0.39 is 5.97 Å². The lowest BCUT2D eigenvalue weighted by Gasteiger charge is -2.07. The van der Waals surface area contributed by atoms with E-state index in [2.05, 4.69) is 6.07 Å². The van der Waals surface area contributed by atoms with E-state index in [0.29, 0.717) is 11.3 Å². The Labute approximate surface area is 109 Å². The third kappa shape index (κ3) is 1.81. The molecule has 2 aromatic rings. The van der Waals surface area contributed by atoms with Crippen LogP contribution in [0.15, 0.2) is 12.1 Å². The van der Waals surface area contributed by atoms with Gasteiger partial charge in [0.15, 0.2) is 0 Å². The lowest BCUT2D eigenvalue weighted by Crippen LogP contribution is -2.02. The van der Waals surface area contributed by atoms with E-state index in [9.17, 15) is 4.79 Å². The van der Waals surface area contributed by atoms with Crippen molar-refractivity contribution in [3.8, 4) is 11.1 Å². The first-order valence-corrected chi connectivity index (χ1v) is 6.20. The smallest absolute Gasteiger partial charge is 0.337 e. The predicted molar refractivity (Wildman–Crippen MR) is 69.5 cm³/mol. The van der Waals surface area contributed by atoms with Crippen LogP contribution in [0.25, 0.3) is 5.00 Å². The first-order chi connectivity index (χ1) is 8.45. The zero-order chi connectivity index (χ0) is 13.4. The fourth-order valence-electron chi connectivity index (χ4n) is 2.04. The molecule has 0 aliphatic heterocycles. The first-order valence-electron chi connectivity index (χ1n) is 5.39. The maximum atomic E-state index is 11.1. The average Bonchev–Trinajstić information content (AvgIpc) is 2.79. The van der Waals surface area contributed by atoms with Gasteiger partial charge in [-0.05, 0) is 32.9 Å². The second-order valence-corrected chi connectivity index (χ2v) is 5.35. The van der Waals surface area contributed by atoms with Crippen LogP contribution in [0.1, 0.15) is 32.2 Å². The molecule has 0 saturated heterocycles. The third-order valence-electron chi connectivity index (χ3n) is 2.82. The van der Waals surface area contributed by atoms with Crippen molar-refractivity contribution in [3.63, 3.8) is 0 Å². The van der Waals surface area contributed by atoms with Crippen LogP contribution in [0.2, 0.25) is 0 Å². The summed E-state index contributed by atoms with van der Waals surface area (Å²) in [5, 5.41) is 19.0. The lowest BCUT2D eigenvalue weighted by atomic mass is 10.2. The molecule has 0 bridgehead atoms. The van der Waals surface area contributed by atoms with Crippen molar-refractivity contribution in [2.45, 2.75) is 20.8 Å². The molecule has 0 amide bonds. The highest BCUT2D eigenvalue weighted by Crippen LogP contribution is 2.30. The number of rotatable bonds is 2. The molecular weight excluding hydrogens is 248 g/mol. The van der Waals surface area contributed by atoms with E-state index in [1.165, 1.54) is 11.3 Å². The summed E-state index contributed by atoms with van der Waals surface area (Å²) in [5.74, 6) is -0.943. The summed E-state index contributed by atoms with van der Waals surface area (Å²) < 4.78 is 1.83. The van der Waals surface area contributed by atoms with Crippen LogP contribution in [0.4, 0.5) is 0 Å². The molecule has 0 aliphatic carbocycles. The van der Waals surface area contributed by atoms with E-state index in [-0.39, 0.29) is 5.56 Å². The maximum Gasteiger partial charge on any atom is 0.337 e. The number of carboxylic acid groups (broad SMARTS) is 1. The van der Waals surface area contributed by atoms with Gasteiger partial charge in [-0.2, -0.15) is 5.26 Å². The standard InChI is InChI=1S/C13H12N2O2S/c1-7-4-11(13(16)17)9(3)15(7)12-10(6-14)5-8(2)18-12/h4-5H,1-3H3,(H,16,17). The van der Waals surface area contributed by atoms with Crippen molar-refractivity contribution in [1.82, 2.24) is 4.57 Å². The highest BCUT2D eigenvalue weighted by Gasteiger charge is 2.18. The molecule has 92 valence electrons. The number of carboxylic acids is 1. The lowest BCUT2D eigenvalue weighted by molar-refractivity contribution is 0.0696. The van der Waals surface area contributed by atoms with Gasteiger partial charge < -0.3 is 9.67 Å². The van der Waals surface area contributed by atoms with Crippen LogP contribution in [0.5, 0.6) is 0 Å². The molecule has 2 rings (SSSR count). The van der Waals surface area contributed by atoms with Gasteiger partial charge >= 0.3 is 5.97 Å². The van der Waals surface area contributed by atoms with E-state index in [0.717, 1.165) is 15.6 Å². The topological polar surface area (TPSA) is 66.0 Å². The Balaban J connectivity index is 2.72. The molecular formula is C13H12N2O2S. The van der Waals surface area contributed by atoms with Crippen molar-refractivity contribution in [3.05, 3.63) is 39.5 Å². The van der Waals surface area contributed by atoms with Crippen LogP contribution < -0.4 is 0 Å². The summed E-state index contributed by atoms with van der Waals surface area (Å²) in [6.07, 6.45) is 0. The van der Waals surface area contributed by atoms with Gasteiger partial charge in [-0.15, -0.1) is 11.3 Å². The van der Waals surface area contributed by atoms with Gasteiger partial charge in [-0.1, -0.05) is 0 Å². The first kappa shape index (κ1) is 12.4. The summed E-state index contributed by atoms with van der Waals surface area (Å²) in [4.78, 5) is 12.1. The maximum absolute atomic E-state index is 11.1. The molecule has 1 N–H and O–H groups in total. The average molecular weight is 260 g/mol. The largest absolute Gasteiger partial charge is 0.478 e. The predicted octanol–water partition coefficient (Wildman–Crippen LogP) is 3.03. The normalized spacial score (nSPS) is 10.3. The molecule has 0 aromatic carbocycles. The quantitative estimate of drug-likeness (QED) is 0.902. The molecule has 0 aliphatic rings. The summed E-state index contributed by atoms with van der Waals surface area (Å²) >= 11 is 1.49. The minimum absolute atomic E-state index is 0.280. The molecule has 2 heterocycles. The summed E-state index contributed by atoms with van der Waals surface area (Å²) in [6.45, 7) is 5.53. The van der Waals surface area contributed by atoms with E-state index >= 15 is 0 Å². The molecule has 0 fully saturated rings. The Kier molecular flexibility index (Phi) is 2.97. The third-order valence-corrected chi connectivity index (χ3v) is 3.86. The van der Waals surface area contributed by atoms with Crippen molar-refractivity contribution < 1.29 is 9.90 Å². The van der Waals surface area contributed by atoms with Crippen LogP contribution in [-0.4, -0.2) is 15.6 Å². The number of aryl methyl sites for hydroxylation is 2. The van der Waals surface area contributed by atoms with Crippen LogP contribution in [0, 0.1) is 32.1 Å². The van der Waals surface area contributed by atoms with Gasteiger partial charge in [-0.25, -0.2) is 4.79 Å². The molecule has 0 spiro atoms. The number of nitriles is 1. The number of aromatic nitrogens is 1. The molecule has 4 nitrogen and oxygen atoms in total. The van der Waals surface area contributed by atoms with E-state index in [1.54, 1.807) is 13.0 Å². The number of aromatic carboxylic acids is 1. The monoisotopic (exact) mass is 260 g/mol. The molecule has 18 heavy (non-hydrogen) atoms. The second kappa shape index (κ2) is 4.31. The highest BCUT2D eigenvalue weighted by molar-refractivity contribution is 7.14. The molecule has 0 radical (unpaired) electrons. The Morgan fingerprint density at radius 1 is 1.39 bits per heavy atom. The number of hydrogen-bond donors (Lipinski definition) is 1. The molecule has 0 saturated carbocycles. The van der Waals surface area contributed by atoms with Crippen LogP contribution in [-0.2, 0) is 0 Å². The fourth-order valence-corrected chi connectivity index (χ4v) is 3.11. The second-order valence-electron chi connectivity index (χ2n) is 4.11. The Bertz CT molecular complexity index is 674. The zero-order valence-electron chi connectivity index (χ0n) is 10.3. The van der Waals surface area contributed by atoms with Crippen LogP contribution in [0.3, 0.4) is 0 Å². The Morgan fingerprint density at radius 2 is 2.06 bits per heavy atom. The highest BCUT2D eigenvalue weighted by atomic mass is 32.1. The van der Waals surface area contributed by atoms with Gasteiger partial charge in [0, 0.05) is 16.3 Å². The zero-order valence-corrected chi connectivity index (χ0v) is 11.1. The van der Waals surface area contributed by atoms with Gasteiger partial charge in [0.25, 0.3) is 0 Å². The molecule has 0 atom stereocenters. The Morgan fingerprint density at radius 3 is 2.56 bits per heavy atom. The minimum atomic E-state index is -0.943. The summed E-state index contributed by atoms with van der Waals surface area (Å²) in [6, 6.07) is 5.60. The minimum Gasteiger partial charge on any atom is -0.478 e. The number of nitrogens with zero attached hydrogens (tertiary/aromatic N) is 2. The van der Waals surface area contributed by atoms with Crippen molar-refractivity contribution in [1.29, 1.82) is 5.26 Å². The van der Waals surface area contributed by atoms with Gasteiger partial charge in [0.2, 0.25) is 0 Å². The number of thiophene rings is 1. The Hall–Kier alpha value is -2.06. The van der Waals surface area contributed by atoms with Gasteiger partial charge in [0.05, 0.1) is 11.1 Å². The van der Waals surface area contributed by atoms with Crippen LogP contribution >= 0.6 is 11.3 Å². The SMILES string of the molecule is Cc1cc(C#N)c(-n2c(C)cc(C(=O)O)c2C)s1. The molecule has 0 unspecified atom stereocenters. The van der Waals surface area contributed by atoms with Crippen molar-refractivity contribution >= 4 is 17.3 Å². The summed E-state index contributed by atoms with van der Waals surface area (Å²) in [7, 11) is 0. The summed E-state index contributed by atoms with van der Waals surface area (Å²) in [5.41, 5.74) is 2.33.